The highest BCUT2D eigenvalue weighted by atomic mass is 79.9. The second-order valence-electron chi connectivity index (χ2n) is 11.8. The molecule has 0 unspecified atom stereocenters. The molecule has 4 N–H and O–H groups in total. The Balaban J connectivity index is 1.45. The largest absolute Gasteiger partial charge is 0.413 e. The summed E-state index contributed by atoms with van der Waals surface area (Å²) in [6.45, 7) is 6.94. The number of alkyl halides is 3. The lowest BCUT2D eigenvalue weighted by atomic mass is 9.96. The molecule has 1 aliphatic carbocycles. The molecule has 13 heteroatoms. The van der Waals surface area contributed by atoms with Crippen molar-refractivity contribution in [2.45, 2.75) is 51.4 Å². The van der Waals surface area contributed by atoms with E-state index in [9.17, 15) is 18.4 Å². The van der Waals surface area contributed by atoms with Crippen molar-refractivity contribution in [2.75, 3.05) is 17.2 Å². The summed E-state index contributed by atoms with van der Waals surface area (Å²) in [6.07, 6.45) is -1.28. The van der Waals surface area contributed by atoms with Crippen LogP contribution in [0.2, 0.25) is 0 Å². The predicted octanol–water partition coefficient (Wildman–Crippen LogP) is 7.35. The number of benzene rings is 2. The van der Waals surface area contributed by atoms with Crippen molar-refractivity contribution in [3.05, 3.63) is 69.5 Å². The summed E-state index contributed by atoms with van der Waals surface area (Å²) < 4.78 is 43.5. The molecule has 3 heterocycles. The fourth-order valence-electron chi connectivity index (χ4n) is 5.08. The Morgan fingerprint density at radius 2 is 2.00 bits per heavy atom. The van der Waals surface area contributed by atoms with Crippen LogP contribution >= 0.6 is 27.3 Å². The fraction of sp³-hybridized carbons (Fsp3) is 0.345. The van der Waals surface area contributed by atoms with E-state index in [0.29, 0.717) is 39.2 Å². The summed E-state index contributed by atoms with van der Waals surface area (Å²) >= 11 is 5.12. The van der Waals surface area contributed by atoms with Crippen LogP contribution in [0.1, 0.15) is 50.8 Å². The summed E-state index contributed by atoms with van der Waals surface area (Å²) in [7, 11) is 0. The maximum absolute atomic E-state index is 13.9. The van der Waals surface area contributed by atoms with Gasteiger partial charge in [0.15, 0.2) is 5.54 Å². The molecule has 0 saturated heterocycles. The third-order valence-corrected chi connectivity index (χ3v) is 8.96. The van der Waals surface area contributed by atoms with Gasteiger partial charge >= 0.3 is 6.18 Å². The highest BCUT2D eigenvalue weighted by Crippen LogP contribution is 2.54. The molecule has 1 saturated carbocycles. The van der Waals surface area contributed by atoms with E-state index in [0.717, 1.165) is 26.2 Å². The molecule has 0 radical (unpaired) electrons. The summed E-state index contributed by atoms with van der Waals surface area (Å²) in [5, 5.41) is 18.7. The van der Waals surface area contributed by atoms with Crippen molar-refractivity contribution < 1.29 is 13.2 Å². The zero-order valence-corrected chi connectivity index (χ0v) is 25.4. The van der Waals surface area contributed by atoms with E-state index in [1.807, 2.05) is 30.3 Å². The van der Waals surface area contributed by atoms with Gasteiger partial charge in [-0.2, -0.15) is 18.4 Å². The third kappa shape index (κ3) is 5.12. The van der Waals surface area contributed by atoms with Crippen molar-refractivity contribution in [3.8, 4) is 6.07 Å². The lowest BCUT2D eigenvalue weighted by Crippen LogP contribution is -2.52. The number of halogens is 4. The zero-order valence-electron chi connectivity index (χ0n) is 23.0. The van der Waals surface area contributed by atoms with Crippen LogP contribution in [0.3, 0.4) is 0 Å². The number of thiazole rings is 1. The van der Waals surface area contributed by atoms with E-state index in [1.54, 1.807) is 11.7 Å². The lowest BCUT2D eigenvalue weighted by Gasteiger charge is -2.28. The van der Waals surface area contributed by atoms with Crippen molar-refractivity contribution in [3.63, 3.8) is 0 Å². The normalized spacial score (nSPS) is 17.1. The molecule has 1 atom stereocenters. The lowest BCUT2D eigenvalue weighted by molar-refractivity contribution is -0.195. The molecule has 0 spiro atoms. The van der Waals surface area contributed by atoms with Gasteiger partial charge in [-0.1, -0.05) is 32.9 Å². The Kier molecular flexibility index (Phi) is 6.99. The molecule has 6 rings (SSSR count). The van der Waals surface area contributed by atoms with E-state index >= 15 is 0 Å². The molecule has 0 amide bonds. The van der Waals surface area contributed by atoms with Crippen LogP contribution in [0.4, 0.5) is 24.5 Å². The van der Waals surface area contributed by atoms with Crippen molar-refractivity contribution in [1.82, 2.24) is 25.9 Å². The monoisotopic (exact) mass is 656 g/mol. The van der Waals surface area contributed by atoms with Crippen LogP contribution < -0.4 is 21.6 Å². The summed E-state index contributed by atoms with van der Waals surface area (Å²) in [6, 6.07) is 11.2. The quantitative estimate of drug-likeness (QED) is 0.164. The predicted molar refractivity (Wildman–Crippen MR) is 162 cm³/mol. The minimum absolute atomic E-state index is 0.0215. The highest BCUT2D eigenvalue weighted by Gasteiger charge is 2.67. The van der Waals surface area contributed by atoms with E-state index in [-0.39, 0.29) is 18.3 Å². The Morgan fingerprint density at radius 3 is 2.69 bits per heavy atom. The fourth-order valence-corrected chi connectivity index (χ4v) is 6.48. The second kappa shape index (κ2) is 10.3. The number of pyridine rings is 1. The number of nitrogens with one attached hydrogen (secondary N) is 4. The van der Waals surface area contributed by atoms with E-state index in [4.69, 9.17) is 0 Å². The number of hydrogen-bond donors (Lipinski definition) is 4. The molecule has 2 aromatic heterocycles. The molecule has 1 fully saturated rings. The number of nitrogens with zero attached hydrogens (tertiary/aromatic N) is 4. The first-order valence-corrected chi connectivity index (χ1v) is 15.0. The Morgan fingerprint density at radius 1 is 1.21 bits per heavy atom. The number of nitriles is 1. The molecular weight excluding hydrogens is 629 g/mol. The molecule has 42 heavy (non-hydrogen) atoms. The van der Waals surface area contributed by atoms with E-state index in [1.165, 1.54) is 17.5 Å². The molecule has 0 bridgehead atoms. The van der Waals surface area contributed by atoms with Gasteiger partial charge in [0.05, 0.1) is 44.2 Å². The van der Waals surface area contributed by atoms with Gasteiger partial charge in [0.2, 0.25) is 0 Å². The van der Waals surface area contributed by atoms with Gasteiger partial charge in [0.1, 0.15) is 6.07 Å². The smallest absolute Gasteiger partial charge is 0.383 e. The van der Waals surface area contributed by atoms with Crippen LogP contribution in [0.15, 0.2) is 58.4 Å². The number of fused-ring (bicyclic) bond motifs is 2. The number of hydrogen-bond acceptors (Lipinski definition) is 9. The zero-order chi connectivity index (χ0) is 29.9. The Labute approximate surface area is 253 Å². The summed E-state index contributed by atoms with van der Waals surface area (Å²) in [4.78, 5) is 8.96. The van der Waals surface area contributed by atoms with Crippen LogP contribution in [0.25, 0.3) is 21.1 Å². The Hall–Kier alpha value is -3.60. The van der Waals surface area contributed by atoms with E-state index in [2.05, 4.69) is 74.3 Å². The third-order valence-electron chi connectivity index (χ3n) is 7.46. The maximum Gasteiger partial charge on any atom is 0.413 e. The summed E-state index contributed by atoms with van der Waals surface area (Å²) in [5.41, 5.74) is 10.2. The first-order valence-electron chi connectivity index (χ1n) is 13.3. The first kappa shape index (κ1) is 28.5. The van der Waals surface area contributed by atoms with Crippen LogP contribution in [-0.4, -0.2) is 33.2 Å². The molecule has 1 aliphatic heterocycles. The summed E-state index contributed by atoms with van der Waals surface area (Å²) in [5.74, 6) is 0. The number of rotatable bonds is 7. The van der Waals surface area contributed by atoms with Gasteiger partial charge in [-0.15, -0.1) is 16.9 Å². The van der Waals surface area contributed by atoms with Crippen LogP contribution in [-0.2, 0) is 0 Å². The van der Waals surface area contributed by atoms with Crippen molar-refractivity contribution in [1.29, 1.82) is 5.26 Å². The van der Waals surface area contributed by atoms with Gasteiger partial charge in [-0.3, -0.25) is 9.99 Å². The number of hydrazine groups is 2. The standard InChI is InChI=1S/C29H28BrF3N8S/c1-27(2,3)14-36-23-16(11-34)12-35-24-19(23)9-17(10-20(24)30)38-25(18-5-4-6-21-26(18)42-15-37-21)22-13-41(40-39-22)28(7-8-28)29(31,32)33/h4-6,9-10,12-13,15,25,38-40H,7-8,14H2,1-3H3,(H,35,36)/t25-/m0/s1. The topological polar surface area (TPSA) is 101 Å². The van der Waals surface area contributed by atoms with Crippen LogP contribution in [0.5, 0.6) is 0 Å². The van der Waals surface area contributed by atoms with Crippen molar-refractivity contribution >= 4 is 59.8 Å². The van der Waals surface area contributed by atoms with Gasteiger partial charge in [-0.25, -0.2) is 4.98 Å². The minimum atomic E-state index is -4.38. The second-order valence-corrected chi connectivity index (χ2v) is 13.5. The van der Waals surface area contributed by atoms with Gasteiger partial charge in [0.25, 0.3) is 0 Å². The molecule has 2 aliphatic rings. The van der Waals surface area contributed by atoms with Crippen molar-refractivity contribution in [2.24, 2.45) is 5.41 Å². The average molecular weight is 658 g/mol. The van der Waals surface area contributed by atoms with Gasteiger partial charge in [-0.05, 0) is 57.9 Å². The maximum atomic E-state index is 13.9. The number of anilines is 2. The Bertz CT molecular complexity index is 1750. The molecule has 4 aromatic rings. The average Bonchev–Trinajstić information content (AvgIpc) is 3.37. The van der Waals surface area contributed by atoms with E-state index < -0.39 is 17.8 Å². The SMILES string of the molecule is CC(C)(C)CNc1c(C#N)cnc2c(Br)cc(N[C@H](C3=CN(C4(C(F)(F)F)CC4)NN3)c3cccc4ncsc34)cc12. The first-order chi connectivity index (χ1) is 19.9. The van der Waals surface area contributed by atoms with Gasteiger partial charge in [0, 0.05) is 34.5 Å². The molecule has 8 nitrogen and oxygen atoms in total. The molecular formula is C29H28BrF3N8S. The van der Waals surface area contributed by atoms with Gasteiger partial charge < -0.3 is 16.1 Å². The minimum Gasteiger partial charge on any atom is -0.383 e. The number of aromatic nitrogens is 2. The van der Waals surface area contributed by atoms with Crippen LogP contribution in [0, 0.1) is 16.7 Å². The highest BCUT2D eigenvalue weighted by molar-refractivity contribution is 9.10. The molecule has 218 valence electrons. The molecule has 2 aromatic carbocycles.